The molecule has 0 bridgehead atoms. The molecule has 1 saturated carbocycles. The molecule has 2 aliphatic carbocycles. The molecule has 2 aromatic heterocycles. The molecule has 0 unspecified atom stereocenters. The van der Waals surface area contributed by atoms with Crippen LogP contribution < -0.4 is 10.5 Å². The number of aromatic nitrogens is 2. The highest BCUT2D eigenvalue weighted by Crippen LogP contribution is 2.34. The van der Waals surface area contributed by atoms with Gasteiger partial charge < -0.3 is 5.32 Å². The number of hydrogen-bond donors (Lipinski definition) is 2. The molecule has 1 fully saturated rings. The van der Waals surface area contributed by atoms with Crippen molar-refractivity contribution in [2.45, 2.75) is 57.9 Å². The number of rotatable bonds is 9. The van der Waals surface area contributed by atoms with Crippen molar-refractivity contribution < 1.29 is 17.4 Å². The monoisotopic (exact) mass is 490 g/mol. The Balaban J connectivity index is 1.42. The van der Waals surface area contributed by atoms with Gasteiger partial charge in [0, 0.05) is 12.2 Å². The summed E-state index contributed by atoms with van der Waals surface area (Å²) in [6.07, 6.45) is 12.5. The van der Waals surface area contributed by atoms with E-state index < -0.39 is 10.3 Å². The largest absolute Gasteiger partial charge is 0.367 e. The lowest BCUT2D eigenvalue weighted by Gasteiger charge is -2.15. The van der Waals surface area contributed by atoms with E-state index in [0.717, 1.165) is 25.7 Å². The van der Waals surface area contributed by atoms with Crippen LogP contribution in [0.1, 0.15) is 66.2 Å². The standard InChI is InChI=1S/C23H30N4O4S2/c1-15-7-19(10-18(15)12-31-33(24,29)30)27-23-20(11-25-14-26-23)22(28)21-9-17(13-32-21)8-16-5-3-2-4-6-16/h5,9,11,13-15,18-19H,2-4,6-8,10,12H2,1H3,(H2,24,29,30)(H,25,26,27)/t15-,18+,19-/m0/s1. The fraction of sp³-hybridized carbons (Fsp3) is 0.522. The van der Waals surface area contributed by atoms with Gasteiger partial charge in [0.1, 0.15) is 12.1 Å². The van der Waals surface area contributed by atoms with Crippen molar-refractivity contribution in [3.63, 3.8) is 0 Å². The van der Waals surface area contributed by atoms with E-state index in [4.69, 9.17) is 9.32 Å². The highest BCUT2D eigenvalue weighted by Gasteiger charge is 2.33. The van der Waals surface area contributed by atoms with Gasteiger partial charge in [-0.2, -0.15) is 8.42 Å². The van der Waals surface area contributed by atoms with E-state index in [1.165, 1.54) is 41.6 Å². The molecule has 4 rings (SSSR count). The zero-order valence-corrected chi connectivity index (χ0v) is 20.3. The maximum atomic E-state index is 13.3. The van der Waals surface area contributed by atoms with Crippen molar-refractivity contribution in [2.24, 2.45) is 17.0 Å². The summed E-state index contributed by atoms with van der Waals surface area (Å²) in [4.78, 5) is 22.3. The first kappa shape index (κ1) is 24.0. The minimum absolute atomic E-state index is 0.0488. The molecule has 2 aromatic rings. The van der Waals surface area contributed by atoms with Crippen LogP contribution in [0.3, 0.4) is 0 Å². The third-order valence-electron chi connectivity index (χ3n) is 6.49. The summed E-state index contributed by atoms with van der Waals surface area (Å²) in [5.74, 6) is 0.715. The van der Waals surface area contributed by atoms with Crippen molar-refractivity contribution in [1.82, 2.24) is 9.97 Å². The molecule has 8 nitrogen and oxygen atoms in total. The summed E-state index contributed by atoms with van der Waals surface area (Å²) < 4.78 is 27.0. The minimum atomic E-state index is -3.96. The first-order chi connectivity index (χ1) is 15.8. The van der Waals surface area contributed by atoms with Gasteiger partial charge in [0.25, 0.3) is 0 Å². The maximum Gasteiger partial charge on any atom is 0.333 e. The zero-order valence-electron chi connectivity index (χ0n) is 18.7. The highest BCUT2D eigenvalue weighted by atomic mass is 32.2. The number of ketones is 1. The van der Waals surface area contributed by atoms with Crippen LogP contribution in [-0.2, 0) is 20.9 Å². The number of nitrogens with two attached hydrogens (primary N) is 1. The van der Waals surface area contributed by atoms with Crippen LogP contribution in [0.5, 0.6) is 0 Å². The minimum Gasteiger partial charge on any atom is -0.367 e. The van der Waals surface area contributed by atoms with Crippen LogP contribution >= 0.6 is 11.3 Å². The molecule has 0 aliphatic heterocycles. The maximum absolute atomic E-state index is 13.3. The average Bonchev–Trinajstić information content (AvgIpc) is 3.38. The van der Waals surface area contributed by atoms with Crippen LogP contribution in [0.2, 0.25) is 0 Å². The number of thiophene rings is 1. The molecule has 3 atom stereocenters. The molecule has 3 N–H and O–H groups in total. The van der Waals surface area contributed by atoms with Crippen LogP contribution in [0.15, 0.2) is 35.6 Å². The number of nitrogens with one attached hydrogen (secondary N) is 1. The summed E-state index contributed by atoms with van der Waals surface area (Å²) in [5, 5.41) is 10.4. The van der Waals surface area contributed by atoms with Crippen molar-refractivity contribution in [3.8, 4) is 0 Å². The Hall–Kier alpha value is -2.14. The normalized spacial score (nSPS) is 23.3. The molecular formula is C23H30N4O4S2. The average molecular weight is 491 g/mol. The van der Waals surface area contributed by atoms with E-state index in [9.17, 15) is 13.2 Å². The third kappa shape index (κ3) is 6.47. The topological polar surface area (TPSA) is 124 Å². The predicted octanol–water partition coefficient (Wildman–Crippen LogP) is 3.86. The lowest BCUT2D eigenvalue weighted by molar-refractivity contribution is 0.104. The molecule has 0 radical (unpaired) electrons. The lowest BCUT2D eigenvalue weighted by Crippen LogP contribution is -2.22. The Bertz CT molecular complexity index is 1130. The molecule has 2 heterocycles. The van der Waals surface area contributed by atoms with Gasteiger partial charge in [-0.15, -0.1) is 11.3 Å². The quantitative estimate of drug-likeness (QED) is 0.404. The Morgan fingerprint density at radius 2 is 2.18 bits per heavy atom. The smallest absolute Gasteiger partial charge is 0.333 e. The van der Waals surface area contributed by atoms with Gasteiger partial charge in [0.15, 0.2) is 0 Å². The van der Waals surface area contributed by atoms with Crippen LogP contribution in [0.25, 0.3) is 0 Å². The predicted molar refractivity (Wildman–Crippen MR) is 128 cm³/mol. The fourth-order valence-corrected chi connectivity index (χ4v) is 5.95. The van der Waals surface area contributed by atoms with Gasteiger partial charge >= 0.3 is 10.3 Å². The van der Waals surface area contributed by atoms with Gasteiger partial charge in [-0.05, 0) is 73.8 Å². The molecule has 0 amide bonds. The van der Waals surface area contributed by atoms with Crippen molar-refractivity contribution in [1.29, 1.82) is 0 Å². The number of hydrogen-bond acceptors (Lipinski definition) is 8. The van der Waals surface area contributed by atoms with Gasteiger partial charge in [-0.1, -0.05) is 18.6 Å². The zero-order chi connectivity index (χ0) is 23.4. The molecule has 2 aliphatic rings. The van der Waals surface area contributed by atoms with Crippen LogP contribution in [-0.4, -0.2) is 36.8 Å². The van der Waals surface area contributed by atoms with Crippen molar-refractivity contribution in [3.05, 3.63) is 51.6 Å². The summed E-state index contributed by atoms with van der Waals surface area (Å²) in [5.41, 5.74) is 3.07. The number of anilines is 1. The van der Waals surface area contributed by atoms with Gasteiger partial charge in [0.2, 0.25) is 5.78 Å². The Morgan fingerprint density at radius 1 is 1.33 bits per heavy atom. The lowest BCUT2D eigenvalue weighted by atomic mass is 9.95. The van der Waals surface area contributed by atoms with Crippen LogP contribution in [0.4, 0.5) is 5.82 Å². The Labute approximate surface area is 198 Å². The van der Waals surface area contributed by atoms with E-state index in [1.807, 2.05) is 6.07 Å². The first-order valence-electron chi connectivity index (χ1n) is 11.3. The number of nitrogens with zero attached hydrogens (tertiary/aromatic N) is 2. The summed E-state index contributed by atoms with van der Waals surface area (Å²) >= 11 is 1.46. The highest BCUT2D eigenvalue weighted by molar-refractivity contribution is 7.84. The molecule has 33 heavy (non-hydrogen) atoms. The van der Waals surface area contributed by atoms with Crippen molar-refractivity contribution >= 4 is 33.2 Å². The molecular weight excluding hydrogens is 460 g/mol. The molecule has 0 aromatic carbocycles. The first-order valence-corrected chi connectivity index (χ1v) is 13.7. The third-order valence-corrected chi connectivity index (χ3v) is 7.93. The second-order valence-electron chi connectivity index (χ2n) is 9.05. The number of carbonyl (C=O) groups is 1. The summed E-state index contributed by atoms with van der Waals surface area (Å²) in [6, 6.07) is 2.03. The van der Waals surface area contributed by atoms with E-state index in [0.29, 0.717) is 22.7 Å². The molecule has 0 spiro atoms. The fourth-order valence-electron chi connectivity index (χ4n) is 4.72. The summed E-state index contributed by atoms with van der Waals surface area (Å²) in [6.45, 7) is 2.11. The van der Waals surface area contributed by atoms with E-state index >= 15 is 0 Å². The van der Waals surface area contributed by atoms with Gasteiger partial charge in [-0.3, -0.25) is 8.98 Å². The van der Waals surface area contributed by atoms with E-state index in [-0.39, 0.29) is 30.3 Å². The van der Waals surface area contributed by atoms with Crippen LogP contribution in [0, 0.1) is 11.8 Å². The van der Waals surface area contributed by atoms with E-state index in [2.05, 4.69) is 33.7 Å². The van der Waals surface area contributed by atoms with Gasteiger partial charge in [0.05, 0.1) is 17.0 Å². The number of carbonyl (C=O) groups excluding carboxylic acids is 1. The molecule has 0 saturated heterocycles. The molecule has 178 valence electrons. The van der Waals surface area contributed by atoms with Gasteiger partial charge in [-0.25, -0.2) is 15.1 Å². The summed E-state index contributed by atoms with van der Waals surface area (Å²) in [7, 11) is -3.96. The Morgan fingerprint density at radius 3 is 2.94 bits per heavy atom. The second-order valence-corrected chi connectivity index (χ2v) is 11.2. The van der Waals surface area contributed by atoms with E-state index in [1.54, 1.807) is 6.20 Å². The number of allylic oxidation sites excluding steroid dienone is 2. The van der Waals surface area contributed by atoms with Crippen molar-refractivity contribution in [2.75, 3.05) is 11.9 Å². The second kappa shape index (κ2) is 10.4. The SMILES string of the molecule is C[C@H]1C[C@H](Nc2ncncc2C(=O)c2cc(CC3=CCCCC3)cs2)C[C@@H]1COS(N)(=O)=O. The molecule has 10 heteroatoms. The Kier molecular flexibility index (Phi) is 7.58.